The number of carboxylic acids is 1. The van der Waals surface area contributed by atoms with Crippen molar-refractivity contribution in [3.63, 3.8) is 0 Å². The third-order valence-corrected chi connectivity index (χ3v) is 5.56. The lowest BCUT2D eigenvalue weighted by molar-refractivity contribution is 0.0696. The van der Waals surface area contributed by atoms with Crippen molar-refractivity contribution in [3.8, 4) is 11.1 Å². The number of benzene rings is 3. The Kier molecular flexibility index (Phi) is 5.76. The number of fused-ring (bicyclic) bond motifs is 3. The second-order valence-corrected chi connectivity index (χ2v) is 8.23. The molecule has 1 amide bonds. The number of hydrogen-bond acceptors (Lipinski definition) is 3. The van der Waals surface area contributed by atoms with Gasteiger partial charge in [-0.1, -0.05) is 62.4 Å². The minimum Gasteiger partial charge on any atom is -0.478 e. The van der Waals surface area contributed by atoms with E-state index in [1.807, 2.05) is 38.1 Å². The number of anilines is 1. The molecule has 3 aromatic rings. The normalized spacial score (nSPS) is 12.4. The van der Waals surface area contributed by atoms with Gasteiger partial charge in [-0.2, -0.15) is 0 Å². The summed E-state index contributed by atoms with van der Waals surface area (Å²) in [6.45, 7) is 4.32. The number of carbonyl (C=O) groups excluding carboxylic acids is 1. The number of carboxylic acid groups (broad SMARTS) is 1. The van der Waals surface area contributed by atoms with Crippen molar-refractivity contribution in [1.82, 2.24) is 0 Å². The molecule has 0 aliphatic heterocycles. The summed E-state index contributed by atoms with van der Waals surface area (Å²) in [6, 6.07) is 21.1. The van der Waals surface area contributed by atoms with E-state index < -0.39 is 12.1 Å². The molecule has 0 atom stereocenters. The molecule has 4 rings (SSSR count). The van der Waals surface area contributed by atoms with Gasteiger partial charge in [-0.05, 0) is 58.4 Å². The van der Waals surface area contributed by atoms with Crippen LogP contribution in [0, 0.1) is 5.92 Å². The van der Waals surface area contributed by atoms with Gasteiger partial charge in [0.05, 0.1) is 5.56 Å². The molecule has 0 saturated carbocycles. The molecule has 3 aromatic carbocycles. The van der Waals surface area contributed by atoms with E-state index >= 15 is 0 Å². The van der Waals surface area contributed by atoms with Crippen LogP contribution in [0.1, 0.15) is 46.8 Å². The van der Waals surface area contributed by atoms with Crippen molar-refractivity contribution in [2.45, 2.75) is 26.2 Å². The molecule has 0 unspecified atom stereocenters. The quantitative estimate of drug-likeness (QED) is 0.522. The standard InChI is InChI=1S/C26H25NO4/c1-16(2)13-18-14-17(25(28)29)11-12-24(18)27-26(30)31-15-23-21-9-5-3-7-19(21)20-8-4-6-10-22(20)23/h3-12,14,16,23H,13,15H2,1-2H3,(H,27,30)(H,28,29). The van der Waals surface area contributed by atoms with Gasteiger partial charge in [0, 0.05) is 11.6 Å². The molecule has 5 nitrogen and oxygen atoms in total. The van der Waals surface area contributed by atoms with Crippen LogP contribution in [0.2, 0.25) is 0 Å². The zero-order chi connectivity index (χ0) is 22.0. The highest BCUT2D eigenvalue weighted by Crippen LogP contribution is 2.44. The van der Waals surface area contributed by atoms with Gasteiger partial charge in [0.15, 0.2) is 0 Å². The third-order valence-electron chi connectivity index (χ3n) is 5.56. The summed E-state index contributed by atoms with van der Waals surface area (Å²) in [5.41, 5.74) is 6.23. The van der Waals surface area contributed by atoms with E-state index in [0.29, 0.717) is 18.0 Å². The Balaban J connectivity index is 1.50. The second kappa shape index (κ2) is 8.64. The third kappa shape index (κ3) is 4.31. The first-order chi connectivity index (χ1) is 14.9. The molecule has 1 aliphatic carbocycles. The number of aromatic carboxylic acids is 1. The SMILES string of the molecule is CC(C)Cc1cc(C(=O)O)ccc1NC(=O)OCC1c2ccccc2-c2ccccc21. The summed E-state index contributed by atoms with van der Waals surface area (Å²) < 4.78 is 5.61. The fourth-order valence-electron chi connectivity index (χ4n) is 4.20. The summed E-state index contributed by atoms with van der Waals surface area (Å²) in [4.78, 5) is 23.9. The van der Waals surface area contributed by atoms with Gasteiger partial charge in [-0.25, -0.2) is 9.59 Å². The van der Waals surface area contributed by atoms with E-state index in [9.17, 15) is 14.7 Å². The first kappa shape index (κ1) is 20.7. The highest BCUT2D eigenvalue weighted by atomic mass is 16.5. The predicted molar refractivity (Wildman–Crippen MR) is 121 cm³/mol. The topological polar surface area (TPSA) is 75.6 Å². The van der Waals surface area contributed by atoms with Crippen LogP contribution in [-0.2, 0) is 11.2 Å². The molecule has 0 heterocycles. The molecule has 0 saturated heterocycles. The van der Waals surface area contributed by atoms with Gasteiger partial charge < -0.3 is 9.84 Å². The van der Waals surface area contributed by atoms with Crippen LogP contribution in [0.4, 0.5) is 10.5 Å². The van der Waals surface area contributed by atoms with Crippen LogP contribution in [-0.4, -0.2) is 23.8 Å². The Bertz CT molecular complexity index is 1090. The van der Waals surface area contributed by atoms with Crippen LogP contribution in [0.15, 0.2) is 66.7 Å². The van der Waals surface area contributed by atoms with Gasteiger partial charge in [0.25, 0.3) is 0 Å². The van der Waals surface area contributed by atoms with Crippen molar-refractivity contribution >= 4 is 17.7 Å². The van der Waals surface area contributed by atoms with Crippen molar-refractivity contribution in [1.29, 1.82) is 0 Å². The molecule has 0 bridgehead atoms. The smallest absolute Gasteiger partial charge is 0.411 e. The molecule has 0 radical (unpaired) electrons. The Morgan fingerprint density at radius 2 is 1.58 bits per heavy atom. The summed E-state index contributed by atoms with van der Waals surface area (Å²) in [7, 11) is 0. The zero-order valence-corrected chi connectivity index (χ0v) is 17.6. The molecular formula is C26H25NO4. The number of rotatable bonds is 6. The lowest BCUT2D eigenvalue weighted by Gasteiger charge is -2.16. The molecule has 2 N–H and O–H groups in total. The van der Waals surface area contributed by atoms with E-state index in [0.717, 1.165) is 16.7 Å². The number of hydrogen-bond donors (Lipinski definition) is 2. The summed E-state index contributed by atoms with van der Waals surface area (Å²) in [6.07, 6.45) is 0.107. The van der Waals surface area contributed by atoms with Crippen molar-refractivity contribution in [2.24, 2.45) is 5.92 Å². The maximum atomic E-state index is 12.6. The largest absolute Gasteiger partial charge is 0.478 e. The lowest BCUT2D eigenvalue weighted by atomic mass is 9.98. The van der Waals surface area contributed by atoms with Crippen LogP contribution < -0.4 is 5.32 Å². The molecule has 158 valence electrons. The van der Waals surface area contributed by atoms with Crippen LogP contribution >= 0.6 is 0 Å². The fraction of sp³-hybridized carbons (Fsp3) is 0.231. The molecule has 0 fully saturated rings. The zero-order valence-electron chi connectivity index (χ0n) is 17.6. The number of nitrogens with one attached hydrogen (secondary N) is 1. The van der Waals surface area contributed by atoms with Gasteiger partial charge in [0.2, 0.25) is 0 Å². The van der Waals surface area contributed by atoms with E-state index in [1.54, 1.807) is 12.1 Å². The monoisotopic (exact) mass is 415 g/mol. The van der Waals surface area contributed by atoms with E-state index in [2.05, 4.69) is 29.6 Å². The fourth-order valence-corrected chi connectivity index (χ4v) is 4.20. The van der Waals surface area contributed by atoms with Gasteiger partial charge in [-0.15, -0.1) is 0 Å². The van der Waals surface area contributed by atoms with Gasteiger partial charge >= 0.3 is 12.1 Å². The maximum Gasteiger partial charge on any atom is 0.411 e. The van der Waals surface area contributed by atoms with Crippen molar-refractivity contribution in [2.75, 3.05) is 11.9 Å². The summed E-state index contributed by atoms with van der Waals surface area (Å²) in [5, 5.41) is 12.1. The highest BCUT2D eigenvalue weighted by molar-refractivity contribution is 5.91. The molecule has 0 aromatic heterocycles. The first-order valence-electron chi connectivity index (χ1n) is 10.4. The molecular weight excluding hydrogens is 390 g/mol. The number of ether oxygens (including phenoxy) is 1. The number of carbonyl (C=O) groups is 2. The minimum atomic E-state index is -0.988. The van der Waals surface area contributed by atoms with Crippen LogP contribution in [0.3, 0.4) is 0 Å². The molecule has 1 aliphatic rings. The minimum absolute atomic E-state index is 0.0114. The van der Waals surface area contributed by atoms with Crippen molar-refractivity contribution in [3.05, 3.63) is 89.0 Å². The Morgan fingerprint density at radius 3 is 2.16 bits per heavy atom. The maximum absolute atomic E-state index is 12.6. The predicted octanol–water partition coefficient (Wildman–Crippen LogP) is 5.94. The van der Waals surface area contributed by atoms with Crippen molar-refractivity contribution < 1.29 is 19.4 Å². The molecule has 31 heavy (non-hydrogen) atoms. The second-order valence-electron chi connectivity index (χ2n) is 8.23. The average Bonchev–Trinajstić information content (AvgIpc) is 3.07. The Labute approximate surface area is 181 Å². The van der Waals surface area contributed by atoms with Crippen LogP contribution in [0.25, 0.3) is 11.1 Å². The Hall–Kier alpha value is -3.60. The van der Waals surface area contributed by atoms with Gasteiger partial charge in [0.1, 0.15) is 6.61 Å². The van der Waals surface area contributed by atoms with E-state index in [4.69, 9.17) is 4.74 Å². The summed E-state index contributed by atoms with van der Waals surface area (Å²) in [5.74, 6) is -0.688. The number of amides is 1. The first-order valence-corrected chi connectivity index (χ1v) is 10.4. The lowest BCUT2D eigenvalue weighted by Crippen LogP contribution is -2.19. The average molecular weight is 415 g/mol. The summed E-state index contributed by atoms with van der Waals surface area (Å²) >= 11 is 0. The van der Waals surface area contributed by atoms with E-state index in [-0.39, 0.29) is 18.1 Å². The van der Waals surface area contributed by atoms with E-state index in [1.165, 1.54) is 17.2 Å². The van der Waals surface area contributed by atoms with Gasteiger partial charge in [-0.3, -0.25) is 5.32 Å². The Morgan fingerprint density at radius 1 is 0.968 bits per heavy atom. The molecule has 5 heteroatoms. The molecule has 0 spiro atoms. The van der Waals surface area contributed by atoms with Crippen LogP contribution in [0.5, 0.6) is 0 Å². The highest BCUT2D eigenvalue weighted by Gasteiger charge is 2.29.